The molecule has 186 valence electrons. The smallest absolute Gasteiger partial charge is 0.471 e. The highest BCUT2D eigenvalue weighted by molar-refractivity contribution is 5.93. The Labute approximate surface area is 200 Å². The molecule has 0 unspecified atom stereocenters. The number of anilines is 1. The number of ether oxygens (including phenoxy) is 1. The number of alkyl halides is 3. The van der Waals surface area contributed by atoms with Crippen molar-refractivity contribution in [1.29, 1.82) is 0 Å². The van der Waals surface area contributed by atoms with E-state index in [2.05, 4.69) is 33.5 Å². The molecule has 0 saturated carbocycles. The van der Waals surface area contributed by atoms with Crippen LogP contribution in [0.4, 0.5) is 23.7 Å². The molecule has 3 heterocycles. The molecule has 11 heteroatoms. The minimum Gasteiger partial charge on any atom is -0.493 e. The lowest BCUT2D eigenvalue weighted by atomic mass is 9.89. The van der Waals surface area contributed by atoms with E-state index in [1.165, 1.54) is 0 Å². The van der Waals surface area contributed by atoms with E-state index in [1.807, 2.05) is 17.0 Å². The standard InChI is InChI=1S/C24H26F3N5O3/c1-23(2,10-3-13-31-14-15-32(22(31)33)18-8-11-28-12-9-18)16-34-19-6-4-17(5-7-19)20-29-21(35-30-20)24(25,26)27/h4-9,11-12H,3,10,13-16H2,1-2H3. The highest BCUT2D eigenvalue weighted by Crippen LogP contribution is 2.30. The third-order valence-corrected chi connectivity index (χ3v) is 5.76. The van der Waals surface area contributed by atoms with Gasteiger partial charge in [0.25, 0.3) is 0 Å². The maximum Gasteiger partial charge on any atom is 0.471 e. The van der Waals surface area contributed by atoms with E-state index in [4.69, 9.17) is 4.74 Å². The van der Waals surface area contributed by atoms with Crippen LogP contribution in [0.1, 0.15) is 32.6 Å². The van der Waals surface area contributed by atoms with Crippen molar-refractivity contribution in [3.63, 3.8) is 0 Å². The molecule has 0 atom stereocenters. The van der Waals surface area contributed by atoms with Crippen LogP contribution in [0.2, 0.25) is 0 Å². The fraction of sp³-hybridized carbons (Fsp3) is 0.417. The minimum absolute atomic E-state index is 0.00861. The quantitative estimate of drug-likeness (QED) is 0.407. The summed E-state index contributed by atoms with van der Waals surface area (Å²) in [5.74, 6) is -0.928. The van der Waals surface area contributed by atoms with Crippen molar-refractivity contribution in [3.05, 3.63) is 54.7 Å². The summed E-state index contributed by atoms with van der Waals surface area (Å²) in [6, 6.07) is 10.2. The van der Waals surface area contributed by atoms with Crippen molar-refractivity contribution in [3.8, 4) is 17.1 Å². The largest absolute Gasteiger partial charge is 0.493 e. The number of pyridine rings is 1. The van der Waals surface area contributed by atoms with Crippen LogP contribution in [0.3, 0.4) is 0 Å². The summed E-state index contributed by atoms with van der Waals surface area (Å²) in [6.07, 6.45) is 0.366. The van der Waals surface area contributed by atoms with Gasteiger partial charge in [0.05, 0.1) is 6.61 Å². The minimum atomic E-state index is -4.68. The molecule has 1 aromatic carbocycles. The summed E-state index contributed by atoms with van der Waals surface area (Å²) in [4.78, 5) is 23.7. The molecule has 1 aliphatic heterocycles. The van der Waals surface area contributed by atoms with Gasteiger partial charge < -0.3 is 14.2 Å². The van der Waals surface area contributed by atoms with Crippen LogP contribution >= 0.6 is 0 Å². The number of aromatic nitrogens is 3. The number of halogens is 3. The Balaban J connectivity index is 1.23. The number of carbonyl (C=O) groups is 1. The number of carbonyl (C=O) groups excluding carboxylic acids is 1. The number of hydrogen-bond donors (Lipinski definition) is 0. The van der Waals surface area contributed by atoms with E-state index in [1.54, 1.807) is 41.6 Å². The first-order valence-electron chi connectivity index (χ1n) is 11.2. The van der Waals surface area contributed by atoms with E-state index in [9.17, 15) is 18.0 Å². The van der Waals surface area contributed by atoms with Gasteiger partial charge in [-0.05, 0) is 54.7 Å². The van der Waals surface area contributed by atoms with E-state index in [-0.39, 0.29) is 17.3 Å². The maximum absolute atomic E-state index is 12.7. The second-order valence-electron chi connectivity index (χ2n) is 9.13. The van der Waals surface area contributed by atoms with Gasteiger partial charge in [-0.1, -0.05) is 19.0 Å². The van der Waals surface area contributed by atoms with Crippen molar-refractivity contribution < 1.29 is 27.2 Å². The molecular formula is C24H26F3N5O3. The number of benzene rings is 1. The average molecular weight is 489 g/mol. The van der Waals surface area contributed by atoms with Crippen molar-refractivity contribution in [1.82, 2.24) is 20.0 Å². The van der Waals surface area contributed by atoms with Crippen molar-refractivity contribution in [2.45, 2.75) is 32.9 Å². The molecule has 1 saturated heterocycles. The Hall–Kier alpha value is -3.63. The Bertz CT molecular complexity index is 1130. The highest BCUT2D eigenvalue weighted by Gasteiger charge is 2.38. The van der Waals surface area contributed by atoms with Crippen molar-refractivity contribution in [2.24, 2.45) is 5.41 Å². The fourth-order valence-corrected chi connectivity index (χ4v) is 3.81. The molecule has 1 aliphatic rings. The Morgan fingerprint density at radius 1 is 1.06 bits per heavy atom. The molecule has 0 radical (unpaired) electrons. The van der Waals surface area contributed by atoms with Gasteiger partial charge >= 0.3 is 18.1 Å². The molecule has 2 amide bonds. The first-order valence-corrected chi connectivity index (χ1v) is 11.2. The molecule has 0 bridgehead atoms. The second-order valence-corrected chi connectivity index (χ2v) is 9.13. The van der Waals surface area contributed by atoms with Crippen LogP contribution in [0.5, 0.6) is 5.75 Å². The Kier molecular flexibility index (Phi) is 6.95. The molecule has 1 fully saturated rings. The Morgan fingerprint density at radius 2 is 1.77 bits per heavy atom. The lowest BCUT2D eigenvalue weighted by molar-refractivity contribution is -0.159. The van der Waals surface area contributed by atoms with Gasteiger partial charge in [0, 0.05) is 43.3 Å². The van der Waals surface area contributed by atoms with Gasteiger partial charge in [-0.25, -0.2) is 4.79 Å². The zero-order valence-electron chi connectivity index (χ0n) is 19.5. The molecule has 3 aromatic rings. The number of nitrogens with zero attached hydrogens (tertiary/aromatic N) is 5. The number of hydrogen-bond acceptors (Lipinski definition) is 6. The van der Waals surface area contributed by atoms with Gasteiger partial charge in [0.2, 0.25) is 5.82 Å². The van der Waals surface area contributed by atoms with Crippen LogP contribution in [-0.4, -0.2) is 52.3 Å². The summed E-state index contributed by atoms with van der Waals surface area (Å²) < 4.78 is 48.1. The molecule has 0 spiro atoms. The normalized spacial score (nSPS) is 14.6. The van der Waals surface area contributed by atoms with E-state index >= 15 is 0 Å². The summed E-state index contributed by atoms with van der Waals surface area (Å²) in [6.45, 7) is 6.65. The van der Waals surface area contributed by atoms with Gasteiger partial charge in [-0.15, -0.1) is 0 Å². The summed E-state index contributed by atoms with van der Waals surface area (Å²) in [7, 11) is 0. The highest BCUT2D eigenvalue weighted by atomic mass is 19.4. The zero-order chi connectivity index (χ0) is 25.1. The molecular weight excluding hydrogens is 463 g/mol. The first kappa shape index (κ1) is 24.5. The van der Waals surface area contributed by atoms with Gasteiger partial charge in [-0.2, -0.15) is 18.2 Å². The van der Waals surface area contributed by atoms with Crippen molar-refractivity contribution >= 4 is 11.7 Å². The van der Waals surface area contributed by atoms with Crippen LogP contribution in [0, 0.1) is 5.41 Å². The van der Waals surface area contributed by atoms with E-state index < -0.39 is 12.1 Å². The summed E-state index contributed by atoms with van der Waals surface area (Å²) >= 11 is 0. The molecule has 4 rings (SSSR count). The molecule has 2 aromatic heterocycles. The third kappa shape index (κ3) is 6.09. The third-order valence-electron chi connectivity index (χ3n) is 5.76. The van der Waals surface area contributed by atoms with Gasteiger partial charge in [-0.3, -0.25) is 9.88 Å². The zero-order valence-corrected chi connectivity index (χ0v) is 19.5. The first-order chi connectivity index (χ1) is 16.6. The second kappa shape index (κ2) is 9.93. The van der Waals surface area contributed by atoms with Gasteiger partial charge in [0.1, 0.15) is 5.75 Å². The molecule has 35 heavy (non-hydrogen) atoms. The number of urea groups is 1. The number of rotatable bonds is 9. The topological polar surface area (TPSA) is 84.6 Å². The predicted octanol–water partition coefficient (Wildman–Crippen LogP) is 5.28. The average Bonchev–Trinajstić information content (AvgIpc) is 3.47. The van der Waals surface area contributed by atoms with Crippen LogP contribution in [-0.2, 0) is 6.18 Å². The van der Waals surface area contributed by atoms with Crippen LogP contribution in [0.15, 0.2) is 53.3 Å². The van der Waals surface area contributed by atoms with E-state index in [0.717, 1.165) is 18.5 Å². The lowest BCUT2D eigenvalue weighted by Crippen LogP contribution is -2.33. The molecule has 0 N–H and O–H groups in total. The number of amides is 2. The van der Waals surface area contributed by atoms with Crippen LogP contribution < -0.4 is 9.64 Å². The monoisotopic (exact) mass is 489 g/mol. The molecule has 0 aliphatic carbocycles. The van der Waals surface area contributed by atoms with Gasteiger partial charge in [0.15, 0.2) is 0 Å². The fourth-order valence-electron chi connectivity index (χ4n) is 3.81. The molecule has 8 nitrogen and oxygen atoms in total. The summed E-state index contributed by atoms with van der Waals surface area (Å²) in [5, 5.41) is 3.38. The lowest BCUT2D eigenvalue weighted by Gasteiger charge is -2.26. The maximum atomic E-state index is 12.7. The Morgan fingerprint density at radius 3 is 2.43 bits per heavy atom. The van der Waals surface area contributed by atoms with Crippen LogP contribution in [0.25, 0.3) is 11.4 Å². The van der Waals surface area contributed by atoms with Crippen molar-refractivity contribution in [2.75, 3.05) is 31.1 Å². The SMILES string of the molecule is CC(C)(CCCN1CCN(c2ccncc2)C1=O)COc1ccc(-c2noc(C(F)(F)F)n2)cc1. The summed E-state index contributed by atoms with van der Waals surface area (Å²) in [5.41, 5.74) is 1.11. The predicted molar refractivity (Wildman–Crippen MR) is 122 cm³/mol. The van der Waals surface area contributed by atoms with E-state index in [0.29, 0.717) is 37.6 Å².